The van der Waals surface area contributed by atoms with E-state index in [1.54, 1.807) is 28.7 Å². The van der Waals surface area contributed by atoms with Crippen LogP contribution in [-0.2, 0) is 6.42 Å². The van der Waals surface area contributed by atoms with Crippen LogP contribution in [0.1, 0.15) is 85.8 Å². The predicted octanol–water partition coefficient (Wildman–Crippen LogP) is 10.1. The van der Waals surface area contributed by atoms with Crippen molar-refractivity contribution in [1.29, 1.82) is 0 Å². The van der Waals surface area contributed by atoms with Gasteiger partial charge in [-0.25, -0.2) is 19.1 Å². The van der Waals surface area contributed by atoms with Gasteiger partial charge in [0, 0.05) is 11.1 Å². The Bertz CT molecular complexity index is 1620. The zero-order valence-corrected chi connectivity index (χ0v) is 30.2. The predicted molar refractivity (Wildman–Crippen MR) is 191 cm³/mol. The lowest BCUT2D eigenvalue weighted by atomic mass is 9.57. The van der Waals surface area contributed by atoms with E-state index in [0.29, 0.717) is 53.2 Å². The lowest BCUT2D eigenvalue weighted by molar-refractivity contribution is 0.0259. The number of nitrogens with zero attached hydrogens (tertiary/aromatic N) is 4. The lowest BCUT2D eigenvalue weighted by Gasteiger charge is -2.48. The summed E-state index contributed by atoms with van der Waals surface area (Å²) in [5, 5.41) is 3.38. The molecule has 47 heavy (non-hydrogen) atoms. The van der Waals surface area contributed by atoms with Crippen molar-refractivity contribution in [3.63, 3.8) is 0 Å². The average Bonchev–Trinajstić information content (AvgIpc) is 3.55. The van der Waals surface area contributed by atoms with E-state index in [1.807, 2.05) is 39.0 Å². The number of amides is 1. The Labute approximate surface area is 282 Å². The van der Waals surface area contributed by atoms with Crippen molar-refractivity contribution < 1.29 is 14.3 Å². The second-order valence-corrected chi connectivity index (χ2v) is 15.2. The summed E-state index contributed by atoms with van der Waals surface area (Å²) >= 11 is 0. The molecule has 0 aliphatic heterocycles. The Morgan fingerprint density at radius 2 is 1.83 bits per heavy atom. The molecule has 2 heterocycles. The van der Waals surface area contributed by atoms with Gasteiger partial charge < -0.3 is 9.47 Å². The smallest absolute Gasteiger partial charge is 0.416 e. The first kappa shape index (κ1) is 35.9. The number of fused-ring (bicyclic) bond motifs is 1. The fourth-order valence-electron chi connectivity index (χ4n) is 7.77. The van der Waals surface area contributed by atoms with Crippen molar-refractivity contribution in [2.24, 2.45) is 35.0 Å². The highest BCUT2D eigenvalue weighted by Crippen LogP contribution is 2.51. The monoisotopic (exact) mass is 641 g/mol. The van der Waals surface area contributed by atoms with Gasteiger partial charge in [-0.3, -0.25) is 10.00 Å². The minimum absolute atomic E-state index is 0.0952. The molecule has 1 amide bonds. The second kappa shape index (κ2) is 14.4. The van der Waals surface area contributed by atoms with Crippen molar-refractivity contribution in [2.45, 2.75) is 100 Å². The number of aromatic amines is 1. The van der Waals surface area contributed by atoms with E-state index in [-0.39, 0.29) is 23.4 Å². The maximum absolute atomic E-state index is 13.9. The molecule has 3 aromatic rings. The molecule has 2 aromatic heterocycles. The molecule has 8 heteroatoms. The number of aromatic nitrogens is 3. The van der Waals surface area contributed by atoms with Crippen LogP contribution in [0.4, 0.5) is 10.5 Å². The highest BCUT2D eigenvalue weighted by Gasteiger charge is 2.43. The summed E-state index contributed by atoms with van der Waals surface area (Å²) in [5.74, 6) is 4.02. The second-order valence-electron chi connectivity index (χ2n) is 15.2. The molecule has 0 saturated heterocycles. The topological polar surface area (TPSA) is 76.2 Å². The number of hydrogen-bond donors (Lipinski definition) is 1. The van der Waals surface area contributed by atoms with Gasteiger partial charge in [-0.2, -0.15) is 0 Å². The molecule has 1 N–H and O–H groups in total. The molecular weight excluding hydrogens is 586 g/mol. The first-order valence-corrected chi connectivity index (χ1v) is 17.0. The first-order valence-electron chi connectivity index (χ1n) is 17.0. The number of ether oxygens (including phenoxy) is 2. The summed E-state index contributed by atoms with van der Waals surface area (Å²) in [6.07, 6.45) is 6.95. The summed E-state index contributed by atoms with van der Waals surface area (Å²) in [5.41, 5.74) is 3.74. The molecule has 4 rings (SSSR count). The fraction of sp³-hybridized carbons (Fsp3) is 0.564. The molecule has 254 valence electrons. The van der Waals surface area contributed by atoms with E-state index in [4.69, 9.17) is 21.0 Å². The van der Waals surface area contributed by atoms with Gasteiger partial charge >= 0.3 is 6.09 Å². The molecule has 1 saturated carbocycles. The normalized spacial score (nSPS) is 21.2. The van der Waals surface area contributed by atoms with Gasteiger partial charge in [-0.15, -0.1) is 13.2 Å². The van der Waals surface area contributed by atoms with Crippen molar-refractivity contribution in [3.8, 4) is 23.0 Å². The van der Waals surface area contributed by atoms with Crippen LogP contribution in [0.15, 0.2) is 43.5 Å². The highest BCUT2D eigenvalue weighted by molar-refractivity contribution is 5.80. The molecule has 1 aromatic carbocycles. The van der Waals surface area contributed by atoms with Gasteiger partial charge in [0.05, 0.1) is 25.8 Å². The number of H-pyrrole nitrogens is 1. The largest absolute Gasteiger partial charge is 0.497 e. The number of rotatable bonds is 11. The van der Waals surface area contributed by atoms with Crippen LogP contribution >= 0.6 is 0 Å². The van der Waals surface area contributed by atoms with Crippen molar-refractivity contribution >= 4 is 17.4 Å². The summed E-state index contributed by atoms with van der Waals surface area (Å²) in [6.45, 7) is 36.0. The van der Waals surface area contributed by atoms with E-state index in [0.717, 1.165) is 35.3 Å². The van der Waals surface area contributed by atoms with Gasteiger partial charge in [0.15, 0.2) is 5.82 Å². The number of benzene rings is 1. The Morgan fingerprint density at radius 3 is 2.38 bits per heavy atom. The Hall–Kier alpha value is -3.99. The van der Waals surface area contributed by atoms with E-state index in [9.17, 15) is 4.79 Å². The Kier molecular flexibility index (Phi) is 11.0. The van der Waals surface area contributed by atoms with Crippen molar-refractivity contribution in [1.82, 2.24) is 19.5 Å². The molecule has 1 fully saturated rings. The van der Waals surface area contributed by atoms with Crippen LogP contribution in [0.5, 0.6) is 11.6 Å². The SMILES string of the molecule is [C-]#[N+]c1c(CC2C(CC(C)C)CC(C)CC2C(C)(C)C)c2nc(-c3cc(C)cc(OC)c3)[nH]n2c1OC(=O)N(C(C)C=C)C(C)C=C. The fourth-order valence-corrected chi connectivity index (χ4v) is 7.77. The molecule has 0 bridgehead atoms. The zero-order valence-electron chi connectivity index (χ0n) is 30.2. The molecule has 0 spiro atoms. The number of aryl methyl sites for hydroxylation is 1. The molecule has 6 atom stereocenters. The van der Waals surface area contributed by atoms with Crippen LogP contribution < -0.4 is 9.47 Å². The van der Waals surface area contributed by atoms with Crippen molar-refractivity contribution in [3.05, 3.63) is 66.1 Å². The minimum atomic E-state index is -0.578. The van der Waals surface area contributed by atoms with E-state index >= 15 is 0 Å². The third-order valence-electron chi connectivity index (χ3n) is 10.0. The van der Waals surface area contributed by atoms with Crippen LogP contribution in [0.2, 0.25) is 0 Å². The molecule has 1 aliphatic rings. The number of carbonyl (C=O) groups is 1. The number of nitrogens with one attached hydrogen (secondary N) is 1. The van der Waals surface area contributed by atoms with Gasteiger partial charge in [0.25, 0.3) is 5.69 Å². The molecule has 6 unspecified atom stereocenters. The van der Waals surface area contributed by atoms with Gasteiger partial charge in [-0.05, 0) is 105 Å². The van der Waals surface area contributed by atoms with Gasteiger partial charge in [0.2, 0.25) is 5.88 Å². The maximum atomic E-state index is 13.9. The van der Waals surface area contributed by atoms with Crippen LogP contribution in [0.3, 0.4) is 0 Å². The highest BCUT2D eigenvalue weighted by atomic mass is 16.6. The summed E-state index contributed by atoms with van der Waals surface area (Å²) in [6, 6.07) is 5.32. The van der Waals surface area contributed by atoms with E-state index in [2.05, 4.69) is 64.6 Å². The number of carbonyl (C=O) groups excluding carboxylic acids is 1. The van der Waals surface area contributed by atoms with E-state index < -0.39 is 6.09 Å². The number of hydrogen-bond acceptors (Lipinski definition) is 4. The van der Waals surface area contributed by atoms with Crippen LogP contribution in [0.25, 0.3) is 21.9 Å². The Morgan fingerprint density at radius 1 is 1.17 bits per heavy atom. The number of methoxy groups -OCH3 is 1. The summed E-state index contributed by atoms with van der Waals surface area (Å²) < 4.78 is 13.4. The standard InChI is InChI=1S/C39H55N5O3/c1-14-26(7)43(27(8)15-2)38(45)47-37-34(40-12)32(22-31-28(16-23(3)4)17-25(6)20-33(31)39(9,10)11)36-41-35(42-44(36)37)29-18-24(5)19-30(21-29)46-13/h14-15,18-19,21,23,25-28,31,33H,1-2,16-17,20,22H2,3-11,13H3,(H,41,42). The molecule has 0 radical (unpaired) electrons. The average molecular weight is 642 g/mol. The van der Waals surface area contributed by atoms with Gasteiger partial charge in [0.1, 0.15) is 11.4 Å². The van der Waals surface area contributed by atoms with E-state index in [1.165, 1.54) is 6.42 Å². The lowest BCUT2D eigenvalue weighted by Crippen LogP contribution is -2.44. The van der Waals surface area contributed by atoms with Crippen LogP contribution in [-0.4, -0.2) is 44.8 Å². The maximum Gasteiger partial charge on any atom is 0.416 e. The summed E-state index contributed by atoms with van der Waals surface area (Å²) in [7, 11) is 1.65. The minimum Gasteiger partial charge on any atom is -0.497 e. The molecule has 1 aliphatic carbocycles. The summed E-state index contributed by atoms with van der Waals surface area (Å²) in [4.78, 5) is 24.6. The van der Waals surface area contributed by atoms with Crippen LogP contribution in [0, 0.1) is 48.5 Å². The zero-order chi connectivity index (χ0) is 34.8. The third kappa shape index (κ3) is 7.61. The first-order chi connectivity index (χ1) is 22.1. The van der Waals surface area contributed by atoms with Gasteiger partial charge in [-0.1, -0.05) is 53.7 Å². The van der Waals surface area contributed by atoms with Crippen molar-refractivity contribution in [2.75, 3.05) is 7.11 Å². The molecular formula is C39H55N5O3. The quantitative estimate of drug-likeness (QED) is 0.167. The Balaban J connectivity index is 1.94. The molecule has 8 nitrogen and oxygen atoms in total. The third-order valence-corrected chi connectivity index (χ3v) is 10.0.